The number of rotatable bonds is 57. The molecule has 0 radical (unpaired) electrons. The van der Waals surface area contributed by atoms with E-state index in [1.807, 2.05) is 96.9 Å². The summed E-state index contributed by atoms with van der Waals surface area (Å²) in [5, 5.41) is 0. The van der Waals surface area contributed by atoms with Crippen molar-refractivity contribution >= 4 is 0 Å². The standard InChI is InChI=1S/C30H62O9.C30H62O8.CH4/c1-25(2)34-15-9-13-31-21-29(38-19-11-17-36-27(5)6)23-33-24-30(39-20-12-18-37-28(7)8)22-32-14-10-16-35-26(3)4;1-26(2)35-18-10-14-31-22-30(23-32-15-11-19-36-27(3)4,24-33-16-12-20-37-28(5)6)25-34-17-13-21-38-29(7,8)9;/h25-30H,9-24H2,1-8H3;26-28H,10-25H2,1-9H3;1H4. The van der Waals surface area contributed by atoms with Gasteiger partial charge in [-0.2, -0.15) is 0 Å². The molecule has 0 aliphatic rings. The lowest BCUT2D eigenvalue weighted by Gasteiger charge is -2.33. The molecule has 17 heteroatoms. The fourth-order valence-corrected chi connectivity index (χ4v) is 6.65. The molecule has 0 saturated heterocycles. The summed E-state index contributed by atoms with van der Waals surface area (Å²) in [6, 6.07) is 0. The van der Waals surface area contributed by atoms with Crippen molar-refractivity contribution in [1.29, 1.82) is 0 Å². The Morgan fingerprint density at radius 2 is 0.449 bits per heavy atom. The van der Waals surface area contributed by atoms with E-state index in [4.69, 9.17) is 80.5 Å². The Bertz CT molecular complexity index is 1080. The predicted molar refractivity (Wildman–Crippen MR) is 315 cm³/mol. The highest BCUT2D eigenvalue weighted by molar-refractivity contribution is 4.80. The van der Waals surface area contributed by atoms with Gasteiger partial charge in [-0.05, 0) is 169 Å². The van der Waals surface area contributed by atoms with Gasteiger partial charge >= 0.3 is 0 Å². The monoisotopic (exact) mass is 1130 g/mol. The van der Waals surface area contributed by atoms with E-state index >= 15 is 0 Å². The maximum atomic E-state index is 6.15. The van der Waals surface area contributed by atoms with Crippen molar-refractivity contribution in [2.24, 2.45) is 5.41 Å². The van der Waals surface area contributed by atoms with Crippen LogP contribution in [0.15, 0.2) is 0 Å². The van der Waals surface area contributed by atoms with Gasteiger partial charge in [-0.15, -0.1) is 0 Å². The minimum Gasteiger partial charge on any atom is -0.381 e. The van der Waals surface area contributed by atoms with Crippen LogP contribution in [0.4, 0.5) is 0 Å². The SMILES string of the molecule is C.CC(C)OCCCOCC(COCC(COCCCOC(C)C)OCCCOC(C)C)OCCCOC(C)C.CC(C)OCCCOCC(COCCCOC(C)C)(COCCCOC(C)C)COCCCOC(C)(C)C. The molecule has 0 fully saturated rings. The molecule has 78 heavy (non-hydrogen) atoms. The van der Waals surface area contributed by atoms with Crippen LogP contribution in [0.25, 0.3) is 0 Å². The van der Waals surface area contributed by atoms with Crippen LogP contribution in [0.1, 0.15) is 176 Å². The molecule has 17 nitrogen and oxygen atoms in total. The molecule has 0 N–H and O–H groups in total. The van der Waals surface area contributed by atoms with Crippen molar-refractivity contribution in [3.63, 3.8) is 0 Å². The summed E-state index contributed by atoms with van der Waals surface area (Å²) in [6.45, 7) is 48.9. The van der Waals surface area contributed by atoms with E-state index in [1.54, 1.807) is 0 Å². The molecule has 0 saturated carbocycles. The second kappa shape index (κ2) is 56.8. The molecule has 0 spiro atoms. The van der Waals surface area contributed by atoms with Crippen LogP contribution in [0.3, 0.4) is 0 Å². The Balaban J connectivity index is -0.00000142. The summed E-state index contributed by atoms with van der Waals surface area (Å²) in [5.41, 5.74) is -0.543. The summed E-state index contributed by atoms with van der Waals surface area (Å²) in [7, 11) is 0. The van der Waals surface area contributed by atoms with Crippen LogP contribution in [-0.2, 0) is 80.5 Å². The Morgan fingerprint density at radius 3 is 0.692 bits per heavy atom. The van der Waals surface area contributed by atoms with Crippen LogP contribution in [0.2, 0.25) is 0 Å². The molecular weight excluding hydrogens is 1000 g/mol. The summed E-state index contributed by atoms with van der Waals surface area (Å²) < 4.78 is 99.6. The lowest BCUT2D eigenvalue weighted by molar-refractivity contribution is -0.112. The van der Waals surface area contributed by atoms with E-state index in [1.165, 1.54) is 0 Å². The molecule has 0 heterocycles. The maximum absolute atomic E-state index is 6.15. The second-order valence-electron chi connectivity index (χ2n) is 22.6. The quantitative estimate of drug-likeness (QED) is 0.0529. The van der Waals surface area contributed by atoms with Crippen molar-refractivity contribution < 1.29 is 80.5 Å². The maximum Gasteiger partial charge on any atom is 0.104 e. The molecule has 0 aromatic carbocycles. The van der Waals surface area contributed by atoms with Gasteiger partial charge in [0.25, 0.3) is 0 Å². The van der Waals surface area contributed by atoms with Gasteiger partial charge in [0.2, 0.25) is 0 Å². The lowest BCUT2D eigenvalue weighted by atomic mass is 9.92. The molecule has 2 unspecified atom stereocenters. The van der Waals surface area contributed by atoms with Crippen LogP contribution >= 0.6 is 0 Å². The van der Waals surface area contributed by atoms with Crippen molar-refractivity contribution in [2.75, 3.05) is 159 Å². The van der Waals surface area contributed by atoms with Crippen molar-refractivity contribution in [1.82, 2.24) is 0 Å². The molecule has 0 aromatic rings. The summed E-state index contributed by atoms with van der Waals surface area (Å²) in [6.07, 6.45) is 8.01. The number of hydrogen-bond donors (Lipinski definition) is 0. The minimum absolute atomic E-state index is 0. The number of hydrogen-bond acceptors (Lipinski definition) is 17. The first-order valence-electron chi connectivity index (χ1n) is 29.9. The highest BCUT2D eigenvalue weighted by Gasteiger charge is 2.33. The normalized spacial score (nSPS) is 13.2. The van der Waals surface area contributed by atoms with Crippen molar-refractivity contribution in [2.45, 2.75) is 237 Å². The zero-order valence-electron chi connectivity index (χ0n) is 52.8. The molecular formula is C61H128O17. The van der Waals surface area contributed by atoms with Gasteiger partial charge in [0.05, 0.1) is 107 Å². The Kier molecular flexibility index (Phi) is 59.4. The highest BCUT2D eigenvalue weighted by atomic mass is 16.6. The molecule has 0 amide bonds. The van der Waals surface area contributed by atoms with Gasteiger partial charge in [-0.1, -0.05) is 7.43 Å². The third-order valence-electron chi connectivity index (χ3n) is 10.4. The van der Waals surface area contributed by atoms with Crippen LogP contribution in [0, 0.1) is 5.41 Å². The van der Waals surface area contributed by atoms with Gasteiger partial charge < -0.3 is 80.5 Å². The molecule has 474 valence electrons. The Hall–Kier alpha value is -0.680. The van der Waals surface area contributed by atoms with Crippen LogP contribution < -0.4 is 0 Å². The molecule has 2 atom stereocenters. The first-order valence-corrected chi connectivity index (χ1v) is 29.9. The minimum atomic E-state index is -0.401. The van der Waals surface area contributed by atoms with Gasteiger partial charge in [-0.25, -0.2) is 0 Å². The molecule has 0 rings (SSSR count). The first-order chi connectivity index (χ1) is 36.7. The third kappa shape index (κ3) is 64.5. The average molecular weight is 1130 g/mol. The van der Waals surface area contributed by atoms with E-state index in [2.05, 4.69) is 20.8 Å². The fraction of sp³-hybridized carbons (Fsp3) is 1.00. The molecule has 0 aromatic heterocycles. The number of ether oxygens (including phenoxy) is 17. The largest absolute Gasteiger partial charge is 0.381 e. The van der Waals surface area contributed by atoms with Gasteiger partial charge in [-0.3, -0.25) is 0 Å². The van der Waals surface area contributed by atoms with E-state index in [0.717, 1.165) is 51.4 Å². The van der Waals surface area contributed by atoms with E-state index < -0.39 is 5.41 Å². The fourth-order valence-electron chi connectivity index (χ4n) is 6.65. The van der Waals surface area contributed by atoms with E-state index in [-0.39, 0.29) is 68.0 Å². The van der Waals surface area contributed by atoms with Gasteiger partial charge in [0.1, 0.15) is 12.2 Å². The summed E-state index contributed by atoms with van der Waals surface area (Å²) >= 11 is 0. The first kappa shape index (κ1) is 81.5. The Morgan fingerprint density at radius 1 is 0.244 bits per heavy atom. The lowest BCUT2D eigenvalue weighted by Crippen LogP contribution is -2.42. The zero-order chi connectivity index (χ0) is 57.8. The Labute approximate surface area is 480 Å². The zero-order valence-corrected chi connectivity index (χ0v) is 52.8. The van der Waals surface area contributed by atoms with Crippen LogP contribution in [-0.4, -0.2) is 219 Å². The molecule has 0 bridgehead atoms. The second-order valence-corrected chi connectivity index (χ2v) is 22.6. The highest BCUT2D eigenvalue weighted by Crippen LogP contribution is 2.22. The molecule has 0 aliphatic carbocycles. The van der Waals surface area contributed by atoms with Gasteiger partial charge in [0, 0.05) is 106 Å². The van der Waals surface area contributed by atoms with Gasteiger partial charge in [0.15, 0.2) is 0 Å². The van der Waals surface area contributed by atoms with E-state index in [0.29, 0.717) is 159 Å². The third-order valence-corrected chi connectivity index (χ3v) is 10.4. The molecule has 0 aliphatic heterocycles. The summed E-state index contributed by atoms with van der Waals surface area (Å²) in [4.78, 5) is 0. The average Bonchev–Trinajstić information content (AvgIpc) is 3.34. The van der Waals surface area contributed by atoms with E-state index in [9.17, 15) is 0 Å². The van der Waals surface area contributed by atoms with Crippen LogP contribution in [0.5, 0.6) is 0 Å². The predicted octanol–water partition coefficient (Wildman–Crippen LogP) is 11.4. The van der Waals surface area contributed by atoms with Crippen molar-refractivity contribution in [3.8, 4) is 0 Å². The van der Waals surface area contributed by atoms with Crippen molar-refractivity contribution in [3.05, 3.63) is 0 Å². The topological polar surface area (TPSA) is 157 Å². The summed E-state index contributed by atoms with van der Waals surface area (Å²) in [5.74, 6) is 0. The smallest absolute Gasteiger partial charge is 0.104 e.